The molecule has 0 aromatic rings. The average molecular weight is 463 g/mol. The summed E-state index contributed by atoms with van der Waals surface area (Å²) >= 11 is 0. The third-order valence-electron chi connectivity index (χ3n) is 7.86. The van der Waals surface area contributed by atoms with Crippen LogP contribution in [0.1, 0.15) is 124 Å². The molecule has 0 aromatic carbocycles. The molecule has 188 valence electrons. The molecule has 4 nitrogen and oxygen atoms in total. The van der Waals surface area contributed by atoms with E-state index in [1.165, 1.54) is 44.8 Å². The van der Waals surface area contributed by atoms with Gasteiger partial charge in [0, 0.05) is 26.1 Å². The summed E-state index contributed by atoms with van der Waals surface area (Å²) in [5, 5.41) is 8.97. The van der Waals surface area contributed by atoms with Gasteiger partial charge in [0.05, 0.1) is 5.75 Å². The van der Waals surface area contributed by atoms with Crippen LogP contribution in [0.25, 0.3) is 0 Å². The predicted molar refractivity (Wildman–Crippen MR) is 134 cm³/mol. The summed E-state index contributed by atoms with van der Waals surface area (Å²) < 4.78 is 29.0. The summed E-state index contributed by atoms with van der Waals surface area (Å²) in [6.07, 6.45) is 18.3. The Morgan fingerprint density at radius 3 is 1.45 bits per heavy atom. The number of unbranched alkanes of at least 4 members (excludes halogenated alkanes) is 4. The van der Waals surface area contributed by atoms with E-state index in [1.54, 1.807) is 0 Å². The van der Waals surface area contributed by atoms with E-state index in [4.69, 9.17) is 9.84 Å². The molecular formula is C26H54O4S. The lowest BCUT2D eigenvalue weighted by molar-refractivity contribution is 0.114. The van der Waals surface area contributed by atoms with Crippen LogP contribution in [-0.4, -0.2) is 45.4 Å². The van der Waals surface area contributed by atoms with E-state index < -0.39 is 9.84 Å². The Kier molecular flexibility index (Phi) is 17.3. The van der Waals surface area contributed by atoms with Gasteiger partial charge in [-0.15, -0.1) is 0 Å². The molecular weight excluding hydrogens is 408 g/mol. The van der Waals surface area contributed by atoms with Gasteiger partial charge in [-0.25, -0.2) is 8.42 Å². The first-order valence-electron chi connectivity index (χ1n) is 13.1. The van der Waals surface area contributed by atoms with Crippen LogP contribution in [0.2, 0.25) is 0 Å². The van der Waals surface area contributed by atoms with Gasteiger partial charge < -0.3 is 9.84 Å². The van der Waals surface area contributed by atoms with Gasteiger partial charge in [-0.3, -0.25) is 0 Å². The molecule has 0 spiro atoms. The van der Waals surface area contributed by atoms with Crippen LogP contribution < -0.4 is 0 Å². The number of hydrogen-bond donors (Lipinski definition) is 1. The second kappa shape index (κ2) is 17.4. The van der Waals surface area contributed by atoms with Crippen molar-refractivity contribution in [1.82, 2.24) is 0 Å². The van der Waals surface area contributed by atoms with Gasteiger partial charge in [0.25, 0.3) is 0 Å². The van der Waals surface area contributed by atoms with E-state index in [0.717, 1.165) is 71.0 Å². The van der Waals surface area contributed by atoms with Crippen molar-refractivity contribution in [2.24, 2.45) is 10.8 Å². The standard InChI is InChI=1S/C26H54O4S/c1-6-25(7-2,17-11-10-14-21-27)18-12-15-22-30-23-16-13-19-26(8-3,9-4)20-24-31(5,28)29/h27H,6-24H2,1-5H3. The number of aliphatic hydroxyl groups is 1. The van der Waals surface area contributed by atoms with Crippen LogP contribution in [-0.2, 0) is 14.6 Å². The molecule has 0 bridgehead atoms. The predicted octanol–water partition coefficient (Wildman–Crippen LogP) is 6.94. The molecule has 0 saturated carbocycles. The number of ether oxygens (including phenoxy) is 1. The van der Waals surface area contributed by atoms with E-state index in [1.807, 2.05) is 0 Å². The minimum absolute atomic E-state index is 0.171. The van der Waals surface area contributed by atoms with Crippen molar-refractivity contribution in [3.05, 3.63) is 0 Å². The molecule has 0 radical (unpaired) electrons. The van der Waals surface area contributed by atoms with Crippen molar-refractivity contribution in [2.75, 3.05) is 31.8 Å². The quantitative estimate of drug-likeness (QED) is 0.177. The lowest BCUT2D eigenvalue weighted by Gasteiger charge is -2.32. The lowest BCUT2D eigenvalue weighted by Crippen LogP contribution is -2.23. The fraction of sp³-hybridized carbons (Fsp3) is 1.00. The van der Waals surface area contributed by atoms with Crippen LogP contribution >= 0.6 is 0 Å². The van der Waals surface area contributed by atoms with Gasteiger partial charge in [0.15, 0.2) is 0 Å². The zero-order valence-electron chi connectivity index (χ0n) is 21.5. The topological polar surface area (TPSA) is 63.6 Å². The number of sulfone groups is 1. The Hall–Kier alpha value is -0.130. The second-order valence-corrected chi connectivity index (χ2v) is 12.1. The maximum atomic E-state index is 11.6. The summed E-state index contributed by atoms with van der Waals surface area (Å²) in [6.45, 7) is 11.0. The smallest absolute Gasteiger partial charge is 0.147 e. The first kappa shape index (κ1) is 30.9. The van der Waals surface area contributed by atoms with Crippen LogP contribution in [0.4, 0.5) is 0 Å². The fourth-order valence-electron chi connectivity index (χ4n) is 4.87. The van der Waals surface area contributed by atoms with Crippen molar-refractivity contribution >= 4 is 9.84 Å². The van der Waals surface area contributed by atoms with Gasteiger partial charge in [0.2, 0.25) is 0 Å². The zero-order valence-corrected chi connectivity index (χ0v) is 22.3. The molecule has 0 unspecified atom stereocenters. The number of aliphatic hydroxyl groups excluding tert-OH is 1. The second-order valence-electron chi connectivity index (χ2n) is 9.85. The van der Waals surface area contributed by atoms with E-state index in [-0.39, 0.29) is 5.41 Å². The normalized spacial score (nSPS) is 13.1. The Labute approximate surface area is 194 Å². The Morgan fingerprint density at radius 1 is 0.645 bits per heavy atom. The van der Waals surface area contributed by atoms with Crippen molar-refractivity contribution in [2.45, 2.75) is 124 Å². The van der Waals surface area contributed by atoms with Crippen LogP contribution in [0.5, 0.6) is 0 Å². The first-order chi connectivity index (χ1) is 14.7. The first-order valence-corrected chi connectivity index (χ1v) is 15.1. The van der Waals surface area contributed by atoms with Crippen molar-refractivity contribution in [1.29, 1.82) is 0 Å². The molecule has 0 heterocycles. The molecule has 0 fully saturated rings. The summed E-state index contributed by atoms with van der Waals surface area (Å²) in [5.41, 5.74) is 0.648. The Morgan fingerprint density at radius 2 is 1.06 bits per heavy atom. The van der Waals surface area contributed by atoms with Gasteiger partial charge in [-0.2, -0.15) is 0 Å². The zero-order chi connectivity index (χ0) is 23.6. The van der Waals surface area contributed by atoms with Gasteiger partial charge in [0.1, 0.15) is 9.84 Å². The van der Waals surface area contributed by atoms with Crippen molar-refractivity contribution < 1.29 is 18.3 Å². The average Bonchev–Trinajstić information content (AvgIpc) is 2.76. The van der Waals surface area contributed by atoms with Crippen LogP contribution in [0.3, 0.4) is 0 Å². The summed E-state index contributed by atoms with van der Waals surface area (Å²) in [6, 6.07) is 0. The molecule has 0 aliphatic heterocycles. The van der Waals surface area contributed by atoms with E-state index in [9.17, 15) is 8.42 Å². The molecule has 0 atom stereocenters. The Balaban J connectivity index is 4.02. The number of hydrogen-bond acceptors (Lipinski definition) is 4. The van der Waals surface area contributed by atoms with Gasteiger partial charge >= 0.3 is 0 Å². The monoisotopic (exact) mass is 462 g/mol. The molecule has 31 heavy (non-hydrogen) atoms. The number of rotatable bonds is 22. The largest absolute Gasteiger partial charge is 0.396 e. The molecule has 0 aliphatic rings. The highest BCUT2D eigenvalue weighted by Gasteiger charge is 2.27. The molecule has 0 amide bonds. The van der Waals surface area contributed by atoms with E-state index in [2.05, 4.69) is 27.7 Å². The minimum atomic E-state index is -2.88. The summed E-state index contributed by atoms with van der Waals surface area (Å²) in [5.74, 6) is 0.309. The molecule has 0 aliphatic carbocycles. The van der Waals surface area contributed by atoms with Crippen molar-refractivity contribution in [3.63, 3.8) is 0 Å². The highest BCUT2D eigenvalue weighted by atomic mass is 32.2. The summed E-state index contributed by atoms with van der Waals surface area (Å²) in [7, 11) is -2.88. The van der Waals surface area contributed by atoms with Crippen LogP contribution in [0, 0.1) is 10.8 Å². The molecule has 0 rings (SSSR count). The van der Waals surface area contributed by atoms with Crippen molar-refractivity contribution in [3.8, 4) is 0 Å². The molecule has 0 aromatic heterocycles. The maximum Gasteiger partial charge on any atom is 0.147 e. The van der Waals surface area contributed by atoms with Gasteiger partial charge in [-0.05, 0) is 55.8 Å². The Bertz CT molecular complexity index is 508. The summed E-state index contributed by atoms with van der Waals surface area (Å²) in [4.78, 5) is 0. The maximum absolute atomic E-state index is 11.6. The highest BCUT2D eigenvalue weighted by molar-refractivity contribution is 7.90. The third-order valence-corrected chi connectivity index (χ3v) is 8.81. The lowest BCUT2D eigenvalue weighted by atomic mass is 9.74. The fourth-order valence-corrected chi connectivity index (χ4v) is 5.67. The van der Waals surface area contributed by atoms with Crippen LogP contribution in [0.15, 0.2) is 0 Å². The molecule has 5 heteroatoms. The van der Waals surface area contributed by atoms with E-state index in [0.29, 0.717) is 17.8 Å². The third kappa shape index (κ3) is 14.6. The van der Waals surface area contributed by atoms with E-state index >= 15 is 0 Å². The van der Waals surface area contributed by atoms with Gasteiger partial charge in [-0.1, -0.05) is 79.1 Å². The molecule has 0 saturated heterocycles. The highest BCUT2D eigenvalue weighted by Crippen LogP contribution is 2.38. The minimum Gasteiger partial charge on any atom is -0.396 e. The molecule has 1 N–H and O–H groups in total. The SMILES string of the molecule is CCC(CC)(CCCCCO)CCCCOCCCCC(CC)(CC)CCS(C)(=O)=O.